The molecule has 6 nitrogen and oxygen atoms in total. The highest BCUT2D eigenvalue weighted by molar-refractivity contribution is 8.00. The van der Waals surface area contributed by atoms with E-state index in [1.54, 1.807) is 29.6 Å². The second kappa shape index (κ2) is 6.76. The van der Waals surface area contributed by atoms with Crippen LogP contribution >= 0.6 is 23.1 Å². The highest BCUT2D eigenvalue weighted by Gasteiger charge is 2.34. The quantitative estimate of drug-likeness (QED) is 0.567. The number of carbonyl (C=O) groups is 1. The molecule has 2 aromatic rings. The van der Waals surface area contributed by atoms with Gasteiger partial charge in [0.1, 0.15) is 16.2 Å². The second-order valence-electron chi connectivity index (χ2n) is 6.98. The molecule has 0 aromatic carbocycles. The Labute approximate surface area is 161 Å². The van der Waals surface area contributed by atoms with Gasteiger partial charge in [-0.05, 0) is 38.2 Å². The van der Waals surface area contributed by atoms with Gasteiger partial charge in [-0.1, -0.05) is 11.8 Å². The molecule has 0 spiro atoms. The van der Waals surface area contributed by atoms with E-state index in [0.717, 1.165) is 28.1 Å². The summed E-state index contributed by atoms with van der Waals surface area (Å²) in [5.41, 5.74) is 1.35. The van der Waals surface area contributed by atoms with Crippen molar-refractivity contribution in [3.8, 4) is 0 Å². The van der Waals surface area contributed by atoms with E-state index in [0.29, 0.717) is 6.42 Å². The van der Waals surface area contributed by atoms with Crippen molar-refractivity contribution in [1.82, 2.24) is 14.9 Å². The van der Waals surface area contributed by atoms with Crippen LogP contribution in [-0.2, 0) is 27.5 Å². The molecule has 1 fully saturated rings. The molecular weight excluding hydrogens is 390 g/mol. The first kappa shape index (κ1) is 18.2. The number of hydrogen-bond acceptors (Lipinski definition) is 7. The van der Waals surface area contributed by atoms with Crippen molar-refractivity contribution >= 4 is 49.1 Å². The van der Waals surface area contributed by atoms with Gasteiger partial charge >= 0.3 is 0 Å². The molecular formula is C17H21N3O3S3. The Morgan fingerprint density at radius 1 is 1.38 bits per heavy atom. The number of carbonyl (C=O) groups excluding carboxylic acids is 1. The zero-order chi connectivity index (χ0) is 18.5. The Morgan fingerprint density at radius 3 is 2.92 bits per heavy atom. The smallest absolute Gasteiger partial charge is 0.235 e. The van der Waals surface area contributed by atoms with E-state index in [4.69, 9.17) is 0 Å². The Kier molecular flexibility index (Phi) is 4.73. The van der Waals surface area contributed by atoms with E-state index in [1.807, 2.05) is 6.92 Å². The average molecular weight is 412 g/mol. The number of aryl methyl sites for hydroxylation is 2. The predicted molar refractivity (Wildman–Crippen MR) is 105 cm³/mol. The van der Waals surface area contributed by atoms with Gasteiger partial charge < -0.3 is 4.90 Å². The summed E-state index contributed by atoms with van der Waals surface area (Å²) in [6.45, 7) is 1.87. The number of nitrogens with zero attached hydrogens (tertiary/aromatic N) is 3. The highest BCUT2D eigenvalue weighted by atomic mass is 32.2. The third-order valence-corrected chi connectivity index (χ3v) is 9.24. The van der Waals surface area contributed by atoms with Gasteiger partial charge in [0, 0.05) is 23.4 Å². The summed E-state index contributed by atoms with van der Waals surface area (Å²) in [5.74, 6) is 0.197. The van der Waals surface area contributed by atoms with Gasteiger partial charge in [-0.15, -0.1) is 11.3 Å². The van der Waals surface area contributed by atoms with Gasteiger partial charge in [-0.2, -0.15) is 0 Å². The zero-order valence-corrected chi connectivity index (χ0v) is 17.2. The zero-order valence-electron chi connectivity index (χ0n) is 14.8. The van der Waals surface area contributed by atoms with Crippen molar-refractivity contribution in [2.24, 2.45) is 0 Å². The van der Waals surface area contributed by atoms with Crippen LogP contribution in [0, 0.1) is 0 Å². The van der Waals surface area contributed by atoms with Crippen LogP contribution in [0.5, 0.6) is 0 Å². The molecule has 2 aromatic heterocycles. The summed E-state index contributed by atoms with van der Waals surface area (Å²) >= 11 is 3.19. The average Bonchev–Trinajstić information content (AvgIpc) is 3.27. The van der Waals surface area contributed by atoms with E-state index in [2.05, 4.69) is 9.97 Å². The van der Waals surface area contributed by atoms with Crippen LogP contribution in [0.3, 0.4) is 0 Å². The number of rotatable bonds is 4. The lowest BCUT2D eigenvalue weighted by Gasteiger charge is -2.26. The fraction of sp³-hybridized carbons (Fsp3) is 0.588. The second-order valence-corrected chi connectivity index (χ2v) is 11.6. The third-order valence-electron chi connectivity index (χ3n) is 5.21. The van der Waals surface area contributed by atoms with Crippen LogP contribution in [-0.4, -0.2) is 59.0 Å². The first-order valence-electron chi connectivity index (χ1n) is 8.75. The number of thioether (sulfide) groups is 1. The molecule has 0 N–H and O–H groups in total. The normalized spacial score (nSPS) is 22.5. The minimum atomic E-state index is -3.01. The lowest BCUT2D eigenvalue weighted by atomic mass is 10.2. The van der Waals surface area contributed by atoms with Crippen molar-refractivity contribution in [3.05, 3.63) is 16.8 Å². The molecule has 2 atom stereocenters. The lowest BCUT2D eigenvalue weighted by molar-refractivity contribution is -0.130. The predicted octanol–water partition coefficient (Wildman–Crippen LogP) is 2.31. The Hall–Kier alpha value is -1.19. The molecule has 4 rings (SSSR count). The van der Waals surface area contributed by atoms with Crippen molar-refractivity contribution in [1.29, 1.82) is 0 Å². The van der Waals surface area contributed by atoms with Crippen molar-refractivity contribution in [2.75, 3.05) is 18.6 Å². The number of thiophene rings is 1. The standard InChI is InChI=1S/C17H21N3O3S3/c1-10(17(21)20(2)11-6-7-26(22,23)8-11)24-15-14-12-4-3-5-13(12)25-16(14)19-9-18-15/h9-11H,3-8H2,1-2H3. The lowest BCUT2D eigenvalue weighted by Crippen LogP contribution is -2.41. The first-order valence-corrected chi connectivity index (χ1v) is 12.3. The Morgan fingerprint density at radius 2 is 2.19 bits per heavy atom. The molecule has 9 heteroatoms. The molecule has 0 radical (unpaired) electrons. The molecule has 26 heavy (non-hydrogen) atoms. The fourth-order valence-corrected chi connectivity index (χ4v) is 7.87. The van der Waals surface area contributed by atoms with E-state index in [-0.39, 0.29) is 28.7 Å². The number of hydrogen-bond donors (Lipinski definition) is 0. The SMILES string of the molecule is CC(Sc1ncnc2sc3c(c12)CCC3)C(=O)N(C)C1CCS(=O)(=O)C1. The third kappa shape index (κ3) is 3.25. The van der Waals surface area contributed by atoms with Crippen LogP contribution in [0.4, 0.5) is 0 Å². The van der Waals surface area contributed by atoms with Gasteiger partial charge in [-0.3, -0.25) is 4.79 Å². The maximum Gasteiger partial charge on any atom is 0.235 e. The summed E-state index contributed by atoms with van der Waals surface area (Å²) in [4.78, 5) is 25.7. The number of fused-ring (bicyclic) bond motifs is 3. The van der Waals surface area contributed by atoms with Gasteiger partial charge in [0.25, 0.3) is 0 Å². The molecule has 1 saturated heterocycles. The summed E-state index contributed by atoms with van der Waals surface area (Å²) < 4.78 is 23.4. The van der Waals surface area contributed by atoms with Crippen molar-refractivity contribution in [3.63, 3.8) is 0 Å². The van der Waals surface area contributed by atoms with Crippen LogP contribution < -0.4 is 0 Å². The molecule has 0 saturated carbocycles. The van der Waals surface area contributed by atoms with Crippen LogP contribution in [0.1, 0.15) is 30.2 Å². The summed E-state index contributed by atoms with van der Waals surface area (Å²) in [6.07, 6.45) is 5.42. The fourth-order valence-electron chi connectivity index (χ4n) is 3.75. The van der Waals surface area contributed by atoms with E-state index >= 15 is 0 Å². The number of aromatic nitrogens is 2. The molecule has 0 bridgehead atoms. The molecule has 2 unspecified atom stereocenters. The molecule has 3 heterocycles. The van der Waals surface area contributed by atoms with Crippen LogP contribution in [0.15, 0.2) is 11.4 Å². The highest BCUT2D eigenvalue weighted by Crippen LogP contribution is 2.41. The van der Waals surface area contributed by atoms with E-state index < -0.39 is 9.84 Å². The van der Waals surface area contributed by atoms with Crippen LogP contribution in [0.25, 0.3) is 10.2 Å². The molecule has 140 valence electrons. The molecule has 1 amide bonds. The van der Waals surface area contributed by atoms with Gasteiger partial charge in [-0.25, -0.2) is 18.4 Å². The summed E-state index contributed by atoms with van der Waals surface area (Å²) in [5, 5.41) is 1.65. The summed E-state index contributed by atoms with van der Waals surface area (Å²) in [7, 11) is -1.30. The first-order chi connectivity index (χ1) is 12.4. The minimum Gasteiger partial charge on any atom is -0.341 e. The maximum atomic E-state index is 12.8. The van der Waals surface area contributed by atoms with Gasteiger partial charge in [0.15, 0.2) is 9.84 Å². The Bertz CT molecular complexity index is 970. The number of sulfone groups is 1. The largest absolute Gasteiger partial charge is 0.341 e. The summed E-state index contributed by atoms with van der Waals surface area (Å²) in [6, 6.07) is -0.216. The topological polar surface area (TPSA) is 80.2 Å². The van der Waals surface area contributed by atoms with Crippen molar-refractivity contribution in [2.45, 2.75) is 48.9 Å². The van der Waals surface area contributed by atoms with Crippen LogP contribution in [0.2, 0.25) is 0 Å². The minimum absolute atomic E-state index is 0.0456. The van der Waals surface area contributed by atoms with Crippen molar-refractivity contribution < 1.29 is 13.2 Å². The number of amides is 1. The van der Waals surface area contributed by atoms with Gasteiger partial charge in [0.2, 0.25) is 5.91 Å². The van der Waals surface area contributed by atoms with E-state index in [9.17, 15) is 13.2 Å². The monoisotopic (exact) mass is 411 g/mol. The molecule has 1 aliphatic heterocycles. The maximum absolute atomic E-state index is 12.8. The molecule has 1 aliphatic carbocycles. The molecule has 2 aliphatic rings. The van der Waals surface area contributed by atoms with Gasteiger partial charge in [0.05, 0.1) is 16.8 Å². The Balaban J connectivity index is 1.54. The van der Waals surface area contributed by atoms with E-state index in [1.165, 1.54) is 28.6 Å².